The zero-order chi connectivity index (χ0) is 8.55. The third-order valence-electron chi connectivity index (χ3n) is 2.11. The van der Waals surface area contributed by atoms with Gasteiger partial charge in [0.05, 0.1) is 0 Å². The molecule has 2 rings (SSSR count). The molecule has 0 unspecified atom stereocenters. The molecule has 1 nitrogen and oxygen atoms in total. The van der Waals surface area contributed by atoms with Crippen molar-refractivity contribution in [1.29, 1.82) is 0 Å². The predicted octanol–water partition coefficient (Wildman–Crippen LogP) is 2.59. The molecule has 0 fully saturated rings. The second-order valence-corrected chi connectivity index (χ2v) is 2.86. The van der Waals surface area contributed by atoms with Gasteiger partial charge in [-0.1, -0.05) is 18.2 Å². The summed E-state index contributed by atoms with van der Waals surface area (Å²) in [6.07, 6.45) is -1.51. The summed E-state index contributed by atoms with van der Waals surface area (Å²) in [4.78, 5) is 0. The Morgan fingerprint density at radius 3 is 2.92 bits per heavy atom. The second kappa shape index (κ2) is 2.73. The fourth-order valence-corrected chi connectivity index (χ4v) is 1.55. The normalized spacial score (nSPS) is 14.6. The Labute approximate surface area is 69.4 Å². The van der Waals surface area contributed by atoms with Gasteiger partial charge in [0.15, 0.2) is 0 Å². The Kier molecular flexibility index (Phi) is 1.71. The Morgan fingerprint density at radius 1 is 1.33 bits per heavy atom. The summed E-state index contributed by atoms with van der Waals surface area (Å²) in [5.74, 6) is 0. The smallest absolute Gasteiger partial charge is 0.265 e. The molecule has 1 aromatic rings. The van der Waals surface area contributed by atoms with Crippen LogP contribution in [0.5, 0.6) is 0 Å². The van der Waals surface area contributed by atoms with Gasteiger partial charge >= 0.3 is 0 Å². The molecule has 64 valence electrons. The van der Waals surface area contributed by atoms with Crippen molar-refractivity contribution in [3.63, 3.8) is 0 Å². The maximum absolute atomic E-state index is 12.4. The van der Waals surface area contributed by atoms with Crippen LogP contribution >= 0.6 is 0 Å². The average molecular weight is 169 g/mol. The molecule has 1 aliphatic rings. The first kappa shape index (κ1) is 7.53. The van der Waals surface area contributed by atoms with Gasteiger partial charge in [0.2, 0.25) is 0 Å². The van der Waals surface area contributed by atoms with E-state index in [2.05, 4.69) is 5.32 Å². The van der Waals surface area contributed by atoms with Gasteiger partial charge < -0.3 is 5.32 Å². The number of fused-ring (bicyclic) bond motifs is 1. The third-order valence-corrected chi connectivity index (χ3v) is 2.11. The largest absolute Gasteiger partial charge is 0.384 e. The molecule has 0 atom stereocenters. The summed E-state index contributed by atoms with van der Waals surface area (Å²) in [7, 11) is 0. The molecule has 1 N–H and O–H groups in total. The van der Waals surface area contributed by atoms with E-state index in [1.165, 1.54) is 6.07 Å². The maximum Gasteiger partial charge on any atom is 0.265 e. The topological polar surface area (TPSA) is 12.0 Å². The van der Waals surface area contributed by atoms with Crippen molar-refractivity contribution in [2.24, 2.45) is 0 Å². The lowest BCUT2D eigenvalue weighted by Crippen LogP contribution is -1.95. The van der Waals surface area contributed by atoms with Crippen LogP contribution in [-0.2, 0) is 6.42 Å². The highest BCUT2D eigenvalue weighted by Gasteiger charge is 2.18. The first-order valence-corrected chi connectivity index (χ1v) is 3.93. The molecule has 1 heterocycles. The van der Waals surface area contributed by atoms with Crippen LogP contribution < -0.4 is 5.32 Å². The molecule has 0 radical (unpaired) electrons. The zero-order valence-electron chi connectivity index (χ0n) is 6.48. The van der Waals surface area contributed by atoms with Gasteiger partial charge in [-0.15, -0.1) is 0 Å². The summed E-state index contributed by atoms with van der Waals surface area (Å²) >= 11 is 0. The van der Waals surface area contributed by atoms with Crippen molar-refractivity contribution in [3.05, 3.63) is 29.3 Å². The van der Waals surface area contributed by atoms with Crippen LogP contribution in [0.2, 0.25) is 0 Å². The highest BCUT2D eigenvalue weighted by Crippen LogP contribution is 2.32. The molecule has 1 aliphatic heterocycles. The molecule has 0 spiro atoms. The molecule has 0 aromatic heterocycles. The standard InChI is InChI=1S/C9H9F2N/c10-9(11)7-3-1-2-6-4-5-12-8(6)7/h1-3,9,12H,4-5H2. The minimum atomic E-state index is -2.37. The van der Waals surface area contributed by atoms with Gasteiger partial charge in [-0.3, -0.25) is 0 Å². The minimum Gasteiger partial charge on any atom is -0.384 e. The van der Waals surface area contributed by atoms with Crippen LogP contribution in [0.3, 0.4) is 0 Å². The molecule has 0 amide bonds. The fourth-order valence-electron chi connectivity index (χ4n) is 1.55. The lowest BCUT2D eigenvalue weighted by Gasteiger charge is -2.06. The number of para-hydroxylation sites is 1. The predicted molar refractivity (Wildman–Crippen MR) is 43.6 cm³/mol. The zero-order valence-corrected chi connectivity index (χ0v) is 6.48. The summed E-state index contributed by atoms with van der Waals surface area (Å²) in [6, 6.07) is 5.05. The molecule has 0 bridgehead atoms. The molecule has 0 aliphatic carbocycles. The Hall–Kier alpha value is -1.12. The second-order valence-electron chi connectivity index (χ2n) is 2.86. The van der Waals surface area contributed by atoms with Crippen LogP contribution in [0.4, 0.5) is 14.5 Å². The van der Waals surface area contributed by atoms with Crippen LogP contribution in [0.15, 0.2) is 18.2 Å². The van der Waals surface area contributed by atoms with Crippen molar-refractivity contribution in [1.82, 2.24) is 0 Å². The quantitative estimate of drug-likeness (QED) is 0.681. The maximum atomic E-state index is 12.4. The van der Waals surface area contributed by atoms with Crippen molar-refractivity contribution in [2.75, 3.05) is 11.9 Å². The number of nitrogens with one attached hydrogen (secondary N) is 1. The summed E-state index contributed by atoms with van der Waals surface area (Å²) in [5, 5.41) is 2.97. The van der Waals surface area contributed by atoms with Gasteiger partial charge in [-0.25, -0.2) is 8.78 Å². The van der Waals surface area contributed by atoms with Crippen LogP contribution in [0.1, 0.15) is 17.6 Å². The van der Waals surface area contributed by atoms with E-state index in [0.717, 1.165) is 18.5 Å². The van der Waals surface area contributed by atoms with E-state index >= 15 is 0 Å². The van der Waals surface area contributed by atoms with Crippen LogP contribution in [0, 0.1) is 0 Å². The minimum absolute atomic E-state index is 0.130. The number of benzene rings is 1. The number of hydrogen-bond donors (Lipinski definition) is 1. The van der Waals surface area contributed by atoms with E-state index in [1.54, 1.807) is 6.07 Å². The lowest BCUT2D eigenvalue weighted by atomic mass is 10.1. The highest BCUT2D eigenvalue weighted by atomic mass is 19.3. The summed E-state index contributed by atoms with van der Waals surface area (Å²) in [6.45, 7) is 0.777. The van der Waals surface area contributed by atoms with Crippen LogP contribution in [-0.4, -0.2) is 6.54 Å². The summed E-state index contributed by atoms with van der Waals surface area (Å²) in [5.41, 5.74) is 1.78. The SMILES string of the molecule is FC(F)c1cccc2c1NCC2. The Morgan fingerprint density at radius 2 is 2.17 bits per heavy atom. The van der Waals surface area contributed by atoms with E-state index in [9.17, 15) is 8.78 Å². The third kappa shape index (κ3) is 1.05. The van der Waals surface area contributed by atoms with E-state index in [-0.39, 0.29) is 5.56 Å². The molecule has 0 saturated heterocycles. The number of anilines is 1. The number of halogens is 2. The van der Waals surface area contributed by atoms with Gasteiger partial charge in [-0.05, 0) is 12.0 Å². The first-order chi connectivity index (χ1) is 5.79. The van der Waals surface area contributed by atoms with Gasteiger partial charge in [0.25, 0.3) is 6.43 Å². The number of rotatable bonds is 1. The monoisotopic (exact) mass is 169 g/mol. The Balaban J connectivity index is 2.49. The molecule has 3 heteroatoms. The molecule has 1 aromatic carbocycles. The average Bonchev–Trinajstić information content (AvgIpc) is 2.49. The first-order valence-electron chi connectivity index (χ1n) is 3.93. The molecule has 0 saturated carbocycles. The van der Waals surface area contributed by atoms with E-state index in [1.807, 2.05) is 6.07 Å². The fraction of sp³-hybridized carbons (Fsp3) is 0.333. The number of hydrogen-bond acceptors (Lipinski definition) is 1. The lowest BCUT2D eigenvalue weighted by molar-refractivity contribution is 0.152. The van der Waals surface area contributed by atoms with Crippen molar-refractivity contribution < 1.29 is 8.78 Å². The van der Waals surface area contributed by atoms with Gasteiger partial charge in [0, 0.05) is 17.8 Å². The molecular weight excluding hydrogens is 160 g/mol. The number of alkyl halides is 2. The van der Waals surface area contributed by atoms with E-state index in [0.29, 0.717) is 5.69 Å². The molecule has 12 heavy (non-hydrogen) atoms. The Bertz CT molecular complexity index is 297. The van der Waals surface area contributed by atoms with E-state index < -0.39 is 6.43 Å². The van der Waals surface area contributed by atoms with Crippen molar-refractivity contribution in [3.8, 4) is 0 Å². The van der Waals surface area contributed by atoms with Gasteiger partial charge in [-0.2, -0.15) is 0 Å². The summed E-state index contributed by atoms with van der Waals surface area (Å²) < 4.78 is 24.8. The van der Waals surface area contributed by atoms with Gasteiger partial charge in [0.1, 0.15) is 0 Å². The van der Waals surface area contributed by atoms with Crippen molar-refractivity contribution in [2.45, 2.75) is 12.8 Å². The highest BCUT2D eigenvalue weighted by molar-refractivity contribution is 5.61. The van der Waals surface area contributed by atoms with E-state index in [4.69, 9.17) is 0 Å². The van der Waals surface area contributed by atoms with Crippen molar-refractivity contribution >= 4 is 5.69 Å². The van der Waals surface area contributed by atoms with Crippen LogP contribution in [0.25, 0.3) is 0 Å². The molecular formula is C9H9F2N.